The van der Waals surface area contributed by atoms with Gasteiger partial charge in [0, 0.05) is 5.69 Å². The van der Waals surface area contributed by atoms with Gasteiger partial charge in [0.05, 0.1) is 48.8 Å². The molecule has 4 rings (SSSR count). The Labute approximate surface area is 212 Å². The van der Waals surface area contributed by atoms with E-state index in [9.17, 15) is 19.6 Å². The quantitative estimate of drug-likeness (QED) is 0.573. The van der Waals surface area contributed by atoms with Gasteiger partial charge in [-0.05, 0) is 36.8 Å². The van der Waals surface area contributed by atoms with Crippen molar-refractivity contribution >= 4 is 35.2 Å². The highest BCUT2D eigenvalue weighted by atomic mass is 32.2. The van der Waals surface area contributed by atoms with E-state index in [1.165, 1.54) is 14.2 Å². The van der Waals surface area contributed by atoms with E-state index in [1.54, 1.807) is 36.4 Å². The fraction of sp³-hybridized carbons (Fsp3) is 0.231. The van der Waals surface area contributed by atoms with E-state index in [4.69, 9.17) is 15.2 Å². The van der Waals surface area contributed by atoms with Gasteiger partial charge in [0.25, 0.3) is 5.91 Å². The van der Waals surface area contributed by atoms with Crippen molar-refractivity contribution in [2.24, 2.45) is 5.73 Å². The molecule has 3 N–H and O–H groups in total. The number of hydrogen-bond acceptors (Lipinski definition) is 8. The lowest BCUT2D eigenvalue weighted by Crippen LogP contribution is -2.39. The van der Waals surface area contributed by atoms with Gasteiger partial charge in [0.2, 0.25) is 5.91 Å². The van der Waals surface area contributed by atoms with Gasteiger partial charge < -0.3 is 20.5 Å². The summed E-state index contributed by atoms with van der Waals surface area (Å²) in [4.78, 5) is 40.2. The second-order valence-electron chi connectivity index (χ2n) is 8.22. The number of nitrogens with one attached hydrogen (secondary N) is 1. The Balaban J connectivity index is 1.88. The van der Waals surface area contributed by atoms with Gasteiger partial charge >= 0.3 is 5.97 Å². The number of allylic oxidation sites excluding steroid dienone is 1. The van der Waals surface area contributed by atoms with Gasteiger partial charge in [0.1, 0.15) is 16.8 Å². The van der Waals surface area contributed by atoms with E-state index in [0.29, 0.717) is 17.0 Å². The van der Waals surface area contributed by atoms with Gasteiger partial charge in [-0.3, -0.25) is 19.3 Å². The van der Waals surface area contributed by atoms with E-state index in [-0.39, 0.29) is 28.4 Å². The number of rotatable bonds is 6. The lowest BCUT2D eigenvalue weighted by Gasteiger charge is -2.32. The third-order valence-electron chi connectivity index (χ3n) is 5.96. The molecule has 36 heavy (non-hydrogen) atoms. The van der Waals surface area contributed by atoms with E-state index in [1.807, 2.05) is 19.1 Å². The van der Waals surface area contributed by atoms with Crippen LogP contribution in [0.3, 0.4) is 0 Å². The predicted octanol–water partition coefficient (Wildman–Crippen LogP) is 3.15. The SMILES string of the molecule is COC(=O)C[C@H]1SC2=C(C(=O)Nc3ccc(C)cc3)[C@@H](c3cccc(OC)c3)C(C#N)=C(N)N2C1=O. The van der Waals surface area contributed by atoms with Gasteiger partial charge in [-0.1, -0.05) is 41.6 Å². The number of nitrogens with two attached hydrogens (primary N) is 1. The summed E-state index contributed by atoms with van der Waals surface area (Å²) in [5.41, 5.74) is 8.76. The second kappa shape index (κ2) is 10.2. The van der Waals surface area contributed by atoms with Crippen LogP contribution in [0.5, 0.6) is 5.75 Å². The zero-order valence-electron chi connectivity index (χ0n) is 19.9. The van der Waals surface area contributed by atoms with Crippen molar-refractivity contribution in [1.29, 1.82) is 5.26 Å². The molecule has 0 unspecified atom stereocenters. The molecule has 1 fully saturated rings. The molecule has 2 aromatic rings. The van der Waals surface area contributed by atoms with Crippen LogP contribution in [0.15, 0.2) is 70.5 Å². The highest BCUT2D eigenvalue weighted by Crippen LogP contribution is 2.50. The molecule has 2 aliphatic heterocycles. The van der Waals surface area contributed by atoms with Gasteiger partial charge in [-0.2, -0.15) is 5.26 Å². The van der Waals surface area contributed by atoms with Gasteiger partial charge in [0.15, 0.2) is 0 Å². The summed E-state index contributed by atoms with van der Waals surface area (Å²) in [6.45, 7) is 1.93. The molecular weight excluding hydrogens is 480 g/mol. The van der Waals surface area contributed by atoms with Crippen molar-refractivity contribution in [1.82, 2.24) is 4.90 Å². The first-order valence-electron chi connectivity index (χ1n) is 11.0. The third kappa shape index (κ3) is 4.53. The summed E-state index contributed by atoms with van der Waals surface area (Å²) in [6.07, 6.45) is -0.203. The zero-order chi connectivity index (χ0) is 26.0. The molecule has 0 spiro atoms. The molecule has 2 atom stereocenters. The number of fused-ring (bicyclic) bond motifs is 1. The molecule has 0 aromatic heterocycles. The molecule has 9 nitrogen and oxygen atoms in total. The van der Waals surface area contributed by atoms with Crippen molar-refractivity contribution in [3.63, 3.8) is 0 Å². The first-order chi connectivity index (χ1) is 17.3. The Bertz CT molecular complexity index is 1340. The maximum absolute atomic E-state index is 13.8. The number of esters is 1. The number of ether oxygens (including phenoxy) is 2. The highest BCUT2D eigenvalue weighted by Gasteiger charge is 2.48. The lowest BCUT2D eigenvalue weighted by atomic mass is 9.82. The molecule has 0 aliphatic carbocycles. The van der Waals surface area contributed by atoms with Gasteiger partial charge in [-0.25, -0.2) is 0 Å². The van der Waals surface area contributed by atoms with Crippen molar-refractivity contribution in [3.8, 4) is 11.8 Å². The Hall–Kier alpha value is -4.23. The number of anilines is 1. The number of aryl methyl sites for hydroxylation is 1. The molecular formula is C26H24N4O5S. The minimum Gasteiger partial charge on any atom is -0.497 e. The number of hydrogen-bond donors (Lipinski definition) is 2. The summed E-state index contributed by atoms with van der Waals surface area (Å²) < 4.78 is 10.1. The van der Waals surface area contributed by atoms with Crippen molar-refractivity contribution in [2.75, 3.05) is 19.5 Å². The molecule has 2 aromatic carbocycles. The molecule has 0 bridgehead atoms. The molecule has 2 heterocycles. The molecule has 2 aliphatic rings. The summed E-state index contributed by atoms with van der Waals surface area (Å²) in [6, 6.07) is 16.3. The van der Waals surface area contributed by atoms with Crippen LogP contribution in [0.2, 0.25) is 0 Å². The van der Waals surface area contributed by atoms with Crippen LogP contribution in [0.1, 0.15) is 23.5 Å². The maximum atomic E-state index is 13.8. The summed E-state index contributed by atoms with van der Waals surface area (Å²) in [5, 5.41) is 12.4. The topological polar surface area (TPSA) is 135 Å². The average molecular weight is 505 g/mol. The minimum absolute atomic E-state index is 0.0497. The number of benzene rings is 2. The Kier molecular flexibility index (Phi) is 7.03. The largest absolute Gasteiger partial charge is 0.497 e. The van der Waals surface area contributed by atoms with Crippen LogP contribution in [-0.4, -0.2) is 42.2 Å². The molecule has 10 heteroatoms. The van der Waals surface area contributed by atoms with E-state index >= 15 is 0 Å². The second-order valence-corrected chi connectivity index (χ2v) is 9.41. The molecule has 184 valence electrons. The smallest absolute Gasteiger partial charge is 0.307 e. The third-order valence-corrected chi connectivity index (χ3v) is 7.24. The number of nitriles is 1. The monoisotopic (exact) mass is 504 g/mol. The van der Waals surface area contributed by atoms with Crippen LogP contribution in [0, 0.1) is 18.3 Å². The van der Waals surface area contributed by atoms with Crippen LogP contribution < -0.4 is 15.8 Å². The zero-order valence-corrected chi connectivity index (χ0v) is 20.7. The number of nitrogens with zero attached hydrogens (tertiary/aromatic N) is 2. The van der Waals surface area contributed by atoms with Crippen LogP contribution in [0.25, 0.3) is 0 Å². The Morgan fingerprint density at radius 3 is 2.56 bits per heavy atom. The standard InChI is InChI=1S/C26H24N4O5S/c1-14-7-9-16(10-8-14)29-24(32)22-21(15-5-4-6-17(11-15)34-2)18(13-27)23(28)30-25(33)19(36-26(22)30)12-20(31)35-3/h4-11,19,21H,12,28H2,1-3H3,(H,29,32)/t19-,21+/m1/s1. The average Bonchev–Trinajstić information content (AvgIpc) is 3.20. The summed E-state index contributed by atoms with van der Waals surface area (Å²) >= 11 is 1.06. The molecule has 0 radical (unpaired) electrons. The first kappa shape index (κ1) is 24.9. The Morgan fingerprint density at radius 1 is 1.19 bits per heavy atom. The summed E-state index contributed by atoms with van der Waals surface area (Å²) in [5.74, 6) is -1.95. The van der Waals surface area contributed by atoms with Crippen molar-refractivity contribution < 1.29 is 23.9 Å². The minimum atomic E-state index is -0.862. The number of carbonyl (C=O) groups is 3. The summed E-state index contributed by atoms with van der Waals surface area (Å²) in [7, 11) is 2.75. The lowest BCUT2D eigenvalue weighted by molar-refractivity contribution is -0.142. The van der Waals surface area contributed by atoms with Crippen molar-refractivity contribution in [2.45, 2.75) is 24.5 Å². The van der Waals surface area contributed by atoms with Gasteiger partial charge in [-0.15, -0.1) is 0 Å². The number of methoxy groups -OCH3 is 2. The van der Waals surface area contributed by atoms with Crippen LogP contribution >= 0.6 is 11.8 Å². The Morgan fingerprint density at radius 2 is 1.92 bits per heavy atom. The maximum Gasteiger partial charge on any atom is 0.307 e. The van der Waals surface area contributed by atoms with E-state index in [0.717, 1.165) is 22.2 Å². The predicted molar refractivity (Wildman–Crippen MR) is 134 cm³/mol. The normalized spacial score (nSPS) is 19.1. The number of carbonyl (C=O) groups excluding carboxylic acids is 3. The molecule has 1 saturated heterocycles. The fourth-order valence-corrected chi connectivity index (χ4v) is 5.46. The van der Waals surface area contributed by atoms with Crippen LogP contribution in [-0.2, 0) is 19.1 Å². The molecule has 2 amide bonds. The first-order valence-corrected chi connectivity index (χ1v) is 11.9. The highest BCUT2D eigenvalue weighted by molar-refractivity contribution is 8.04. The molecule has 0 saturated carbocycles. The van der Waals surface area contributed by atoms with E-state index < -0.39 is 29.0 Å². The van der Waals surface area contributed by atoms with E-state index in [2.05, 4.69) is 11.4 Å². The van der Waals surface area contributed by atoms with Crippen LogP contribution in [0.4, 0.5) is 5.69 Å². The number of thioether (sulfide) groups is 1. The van der Waals surface area contributed by atoms with Crippen molar-refractivity contribution in [3.05, 3.63) is 81.7 Å². The fourth-order valence-electron chi connectivity index (χ4n) is 4.13. The number of amides is 2.